The maximum Gasteiger partial charge on any atom is 0.405 e. The highest BCUT2D eigenvalue weighted by Gasteiger charge is 2.27. The van der Waals surface area contributed by atoms with Gasteiger partial charge in [0.1, 0.15) is 11.6 Å². The molecule has 1 aliphatic carbocycles. The number of carbonyl (C=O) groups excluding carboxylic acids is 1. The summed E-state index contributed by atoms with van der Waals surface area (Å²) < 4.78 is 34.9. The van der Waals surface area contributed by atoms with Crippen molar-refractivity contribution in [1.82, 2.24) is 14.5 Å². The number of halogens is 3. The molecule has 0 saturated heterocycles. The van der Waals surface area contributed by atoms with Crippen molar-refractivity contribution in [2.45, 2.75) is 31.3 Å². The van der Waals surface area contributed by atoms with Gasteiger partial charge in [-0.2, -0.15) is 0 Å². The Labute approximate surface area is 206 Å². The van der Waals surface area contributed by atoms with Gasteiger partial charge < -0.3 is 10.5 Å². The van der Waals surface area contributed by atoms with Gasteiger partial charge in [-0.25, -0.2) is 23.5 Å². The van der Waals surface area contributed by atoms with E-state index in [9.17, 15) is 18.4 Å². The number of amides is 1. The van der Waals surface area contributed by atoms with E-state index in [0.29, 0.717) is 16.1 Å². The van der Waals surface area contributed by atoms with Crippen LogP contribution < -0.4 is 11.3 Å². The first-order valence-electron chi connectivity index (χ1n) is 10.9. The third-order valence-electron chi connectivity index (χ3n) is 5.81. The lowest BCUT2D eigenvalue weighted by molar-refractivity contribution is 0.1000. The average Bonchev–Trinajstić information content (AvgIpc) is 3.64. The Kier molecular flexibility index (Phi) is 6.06. The summed E-state index contributed by atoms with van der Waals surface area (Å²) in [5.41, 5.74) is 6.86. The van der Waals surface area contributed by atoms with Crippen molar-refractivity contribution in [2.24, 2.45) is 5.73 Å². The highest BCUT2D eigenvalue weighted by atomic mass is 79.9. The first kappa shape index (κ1) is 23.1. The molecule has 4 aromatic rings. The molecule has 2 aromatic heterocycles. The van der Waals surface area contributed by atoms with E-state index in [1.54, 1.807) is 18.2 Å². The Morgan fingerprint density at radius 3 is 2.46 bits per heavy atom. The average molecular weight is 541 g/mol. The monoisotopic (exact) mass is 540 g/mol. The Balaban J connectivity index is 1.70. The van der Waals surface area contributed by atoms with Gasteiger partial charge in [-0.15, -0.1) is 0 Å². The van der Waals surface area contributed by atoms with Crippen LogP contribution in [0.25, 0.3) is 16.7 Å². The minimum absolute atomic E-state index is 0.0277. The number of benzene rings is 2. The summed E-state index contributed by atoms with van der Waals surface area (Å²) in [5.74, 6) is -1.03. The lowest BCUT2D eigenvalue weighted by Crippen LogP contribution is -2.29. The van der Waals surface area contributed by atoms with Crippen molar-refractivity contribution in [3.63, 3.8) is 0 Å². The van der Waals surface area contributed by atoms with Gasteiger partial charge in [-0.3, -0.25) is 9.36 Å². The number of ether oxygens (including phenoxy) is 1. The van der Waals surface area contributed by atoms with Crippen LogP contribution >= 0.6 is 15.9 Å². The van der Waals surface area contributed by atoms with Crippen molar-refractivity contribution in [3.05, 3.63) is 98.1 Å². The smallest absolute Gasteiger partial charge is 0.405 e. The van der Waals surface area contributed by atoms with Crippen LogP contribution in [0.3, 0.4) is 0 Å². The fourth-order valence-corrected chi connectivity index (χ4v) is 4.44. The lowest BCUT2D eigenvalue weighted by atomic mass is 10.1. The van der Waals surface area contributed by atoms with E-state index in [2.05, 4.69) is 25.9 Å². The molecule has 2 heterocycles. The van der Waals surface area contributed by atoms with Crippen LogP contribution in [-0.4, -0.2) is 20.6 Å². The molecular weight excluding hydrogens is 522 g/mol. The van der Waals surface area contributed by atoms with Crippen molar-refractivity contribution < 1.29 is 18.3 Å². The van der Waals surface area contributed by atoms with Crippen LogP contribution in [0.1, 0.15) is 41.8 Å². The van der Waals surface area contributed by atoms with Crippen molar-refractivity contribution in [1.29, 1.82) is 0 Å². The second-order valence-corrected chi connectivity index (χ2v) is 9.32. The number of pyridine rings is 1. The first-order valence-corrected chi connectivity index (χ1v) is 11.7. The largest absolute Gasteiger partial charge is 0.438 e. The number of rotatable bonds is 6. The molecule has 7 nitrogen and oxygen atoms in total. The molecule has 2 N–H and O–H groups in total. The maximum atomic E-state index is 13.8. The summed E-state index contributed by atoms with van der Waals surface area (Å²) in [6, 6.07) is 12.0. The molecule has 2 aromatic carbocycles. The Morgan fingerprint density at radius 1 is 1.14 bits per heavy atom. The first-order chi connectivity index (χ1) is 16.8. The zero-order chi connectivity index (χ0) is 24.7. The Hall–Kier alpha value is -3.66. The SMILES string of the molecule is NC(=O)OC(Cc1cc(F)cc(F)c1)c1nc2ncc(Br)cc2c(=O)n1-c1ccc(C2CC2)cc1. The van der Waals surface area contributed by atoms with E-state index < -0.39 is 29.4 Å². The third kappa shape index (κ3) is 4.93. The number of nitrogens with two attached hydrogens (primary N) is 1. The zero-order valence-corrected chi connectivity index (χ0v) is 19.8. The van der Waals surface area contributed by atoms with Crippen LogP contribution in [0, 0.1) is 11.6 Å². The zero-order valence-electron chi connectivity index (χ0n) is 18.2. The van der Waals surface area contributed by atoms with Gasteiger partial charge in [0, 0.05) is 23.2 Å². The molecule has 1 saturated carbocycles. The molecule has 1 fully saturated rings. The topological polar surface area (TPSA) is 100 Å². The summed E-state index contributed by atoms with van der Waals surface area (Å²) in [5, 5.41) is 0.240. The number of primary amides is 1. The molecule has 5 rings (SSSR count). The van der Waals surface area contributed by atoms with E-state index >= 15 is 0 Å². The number of hydrogen-bond donors (Lipinski definition) is 1. The van der Waals surface area contributed by atoms with Gasteiger partial charge in [0.2, 0.25) is 0 Å². The van der Waals surface area contributed by atoms with Crippen LogP contribution in [0.2, 0.25) is 0 Å². The standard InChI is InChI=1S/C25H19BrF2N4O3/c26-16-10-20-22(30-12-16)31-23(21(35-25(29)34)9-13-7-17(27)11-18(28)8-13)32(24(20)33)19-5-3-15(4-6-19)14-1-2-14/h3-8,10-12,14,21H,1-2,9H2,(H2,29,34). The van der Waals surface area contributed by atoms with E-state index in [0.717, 1.165) is 31.0 Å². The maximum absolute atomic E-state index is 13.8. The number of hydrogen-bond acceptors (Lipinski definition) is 5. The summed E-state index contributed by atoms with van der Waals surface area (Å²) in [6.45, 7) is 0. The van der Waals surface area contributed by atoms with Crippen molar-refractivity contribution >= 4 is 33.1 Å². The molecule has 35 heavy (non-hydrogen) atoms. The minimum atomic E-state index is -1.22. The fraction of sp³-hybridized carbons (Fsp3) is 0.200. The summed E-state index contributed by atoms with van der Waals surface area (Å²) in [4.78, 5) is 34.2. The number of carbonyl (C=O) groups is 1. The molecule has 10 heteroatoms. The lowest BCUT2D eigenvalue weighted by Gasteiger charge is -2.21. The van der Waals surface area contributed by atoms with Gasteiger partial charge in [0.15, 0.2) is 17.6 Å². The van der Waals surface area contributed by atoms with Gasteiger partial charge in [-0.1, -0.05) is 12.1 Å². The predicted octanol–water partition coefficient (Wildman–Crippen LogP) is 5.08. The summed E-state index contributed by atoms with van der Waals surface area (Å²) in [6.07, 6.45) is 1.21. The third-order valence-corrected chi connectivity index (χ3v) is 6.24. The summed E-state index contributed by atoms with van der Waals surface area (Å²) >= 11 is 3.32. The van der Waals surface area contributed by atoms with Crippen LogP contribution in [0.5, 0.6) is 0 Å². The van der Waals surface area contributed by atoms with Crippen molar-refractivity contribution in [2.75, 3.05) is 0 Å². The van der Waals surface area contributed by atoms with Crippen LogP contribution in [0.4, 0.5) is 13.6 Å². The molecule has 0 radical (unpaired) electrons. The second-order valence-electron chi connectivity index (χ2n) is 8.41. The minimum Gasteiger partial charge on any atom is -0.438 e. The number of nitrogens with zero attached hydrogens (tertiary/aromatic N) is 3. The Bertz CT molecular complexity index is 1480. The van der Waals surface area contributed by atoms with E-state index in [4.69, 9.17) is 10.5 Å². The number of fused-ring (bicyclic) bond motifs is 1. The molecule has 1 unspecified atom stereocenters. The second kappa shape index (κ2) is 9.18. The molecule has 0 aliphatic heterocycles. The van der Waals surface area contributed by atoms with E-state index in [-0.39, 0.29) is 28.8 Å². The number of aromatic nitrogens is 3. The highest BCUT2D eigenvalue weighted by molar-refractivity contribution is 9.10. The van der Waals surface area contributed by atoms with Gasteiger partial charge >= 0.3 is 6.09 Å². The fourth-order valence-electron chi connectivity index (χ4n) is 4.11. The molecule has 178 valence electrons. The van der Waals surface area contributed by atoms with Crippen LogP contribution in [-0.2, 0) is 11.2 Å². The van der Waals surface area contributed by atoms with Crippen molar-refractivity contribution in [3.8, 4) is 5.69 Å². The summed E-state index contributed by atoms with van der Waals surface area (Å²) in [7, 11) is 0. The van der Waals surface area contributed by atoms with Gasteiger partial charge in [-0.05, 0) is 76.1 Å². The molecular formula is C25H19BrF2N4O3. The quantitative estimate of drug-likeness (QED) is 0.367. The Morgan fingerprint density at radius 2 is 1.83 bits per heavy atom. The van der Waals surface area contributed by atoms with Gasteiger partial charge in [0.25, 0.3) is 5.56 Å². The molecule has 0 spiro atoms. The van der Waals surface area contributed by atoms with Crippen LogP contribution in [0.15, 0.2) is 64.0 Å². The highest BCUT2D eigenvalue weighted by Crippen LogP contribution is 2.40. The molecule has 0 bridgehead atoms. The normalized spacial score (nSPS) is 14.1. The van der Waals surface area contributed by atoms with E-state index in [1.165, 1.54) is 16.3 Å². The predicted molar refractivity (Wildman–Crippen MR) is 128 cm³/mol. The molecule has 1 atom stereocenters. The van der Waals surface area contributed by atoms with E-state index in [1.807, 2.05) is 12.1 Å². The molecule has 1 aliphatic rings. The molecule has 1 amide bonds. The van der Waals surface area contributed by atoms with Gasteiger partial charge in [0.05, 0.1) is 11.1 Å².